The average Bonchev–Trinajstić information content (AvgIpc) is 2.05. The minimum Gasteiger partial charge on any atom is -0.385 e. The zero-order chi connectivity index (χ0) is 8.97. The van der Waals surface area contributed by atoms with Crippen LogP contribution in [0.5, 0.6) is 0 Å². The molecule has 0 saturated heterocycles. The van der Waals surface area contributed by atoms with Gasteiger partial charge in [-0.3, -0.25) is 0 Å². The second-order valence-electron chi connectivity index (χ2n) is 2.78. The van der Waals surface area contributed by atoms with E-state index in [0.29, 0.717) is 12.2 Å². The molecule has 0 radical (unpaired) electrons. The quantitative estimate of drug-likeness (QED) is 0.688. The summed E-state index contributed by atoms with van der Waals surface area (Å²) >= 11 is 0. The largest absolute Gasteiger partial charge is 0.385 e. The molecule has 0 bridgehead atoms. The molecule has 1 N–H and O–H groups in total. The highest BCUT2D eigenvalue weighted by Gasteiger charge is 2.08. The maximum atomic E-state index is 9.51. The summed E-state index contributed by atoms with van der Waals surface area (Å²) in [6, 6.07) is 1.72. The van der Waals surface area contributed by atoms with Gasteiger partial charge in [-0.25, -0.2) is 9.97 Å². The van der Waals surface area contributed by atoms with Gasteiger partial charge in [-0.05, 0) is 13.0 Å². The Kier molecular flexibility index (Phi) is 2.94. The summed E-state index contributed by atoms with van der Waals surface area (Å²) < 4.78 is 0. The van der Waals surface area contributed by atoms with Crippen molar-refractivity contribution in [2.24, 2.45) is 0 Å². The molecule has 0 aliphatic rings. The molecule has 0 amide bonds. The first-order chi connectivity index (χ1) is 5.70. The van der Waals surface area contributed by atoms with Crippen LogP contribution in [0.4, 0.5) is 0 Å². The van der Waals surface area contributed by atoms with Crippen molar-refractivity contribution >= 4 is 0 Å². The van der Waals surface area contributed by atoms with Gasteiger partial charge in [-0.1, -0.05) is 5.57 Å². The molecule has 3 heteroatoms. The van der Waals surface area contributed by atoms with Crippen molar-refractivity contribution in [3.63, 3.8) is 0 Å². The Hall–Kier alpha value is -1.22. The molecule has 0 spiro atoms. The molecule has 1 aromatic rings. The van der Waals surface area contributed by atoms with Crippen molar-refractivity contribution in [3.8, 4) is 0 Å². The Morgan fingerprint density at radius 3 is 2.67 bits per heavy atom. The van der Waals surface area contributed by atoms with Gasteiger partial charge >= 0.3 is 0 Å². The Balaban J connectivity index is 2.65. The van der Waals surface area contributed by atoms with E-state index in [2.05, 4.69) is 16.5 Å². The smallest absolute Gasteiger partial charge is 0.157 e. The molecule has 64 valence electrons. The van der Waals surface area contributed by atoms with Crippen LogP contribution in [0.15, 0.2) is 30.6 Å². The third-order valence-corrected chi connectivity index (χ3v) is 1.43. The van der Waals surface area contributed by atoms with Gasteiger partial charge in [-0.15, -0.1) is 6.58 Å². The van der Waals surface area contributed by atoms with E-state index in [1.165, 1.54) is 0 Å². The van der Waals surface area contributed by atoms with Gasteiger partial charge in [0.05, 0.1) is 0 Å². The summed E-state index contributed by atoms with van der Waals surface area (Å²) in [7, 11) is 0. The number of aromatic nitrogens is 2. The van der Waals surface area contributed by atoms with Crippen molar-refractivity contribution < 1.29 is 5.11 Å². The third-order valence-electron chi connectivity index (χ3n) is 1.43. The second kappa shape index (κ2) is 3.97. The number of aliphatic hydroxyl groups excluding tert-OH is 1. The Labute approximate surface area is 71.8 Å². The molecule has 0 fully saturated rings. The van der Waals surface area contributed by atoms with Crippen LogP contribution in [0.2, 0.25) is 0 Å². The molecule has 1 rings (SSSR count). The van der Waals surface area contributed by atoms with Crippen LogP contribution in [0.1, 0.15) is 25.3 Å². The lowest BCUT2D eigenvalue weighted by Crippen LogP contribution is -2.02. The fourth-order valence-corrected chi connectivity index (χ4v) is 0.904. The average molecular weight is 164 g/mol. The number of rotatable bonds is 3. The zero-order valence-corrected chi connectivity index (χ0v) is 7.07. The normalized spacial score (nSPS) is 12.5. The predicted molar refractivity (Wildman–Crippen MR) is 46.4 cm³/mol. The minimum absolute atomic E-state index is 0.459. The van der Waals surface area contributed by atoms with Crippen LogP contribution >= 0.6 is 0 Å². The van der Waals surface area contributed by atoms with Crippen molar-refractivity contribution in [2.75, 3.05) is 0 Å². The maximum absolute atomic E-state index is 9.51. The summed E-state index contributed by atoms with van der Waals surface area (Å²) in [5, 5.41) is 9.51. The molecule has 1 unspecified atom stereocenters. The van der Waals surface area contributed by atoms with Crippen LogP contribution in [0.25, 0.3) is 0 Å². The fourth-order valence-electron chi connectivity index (χ4n) is 0.904. The van der Waals surface area contributed by atoms with Gasteiger partial charge in [0.2, 0.25) is 0 Å². The zero-order valence-electron chi connectivity index (χ0n) is 7.07. The highest BCUT2D eigenvalue weighted by Crippen LogP contribution is 2.14. The Morgan fingerprint density at radius 2 is 2.17 bits per heavy atom. The van der Waals surface area contributed by atoms with E-state index in [9.17, 15) is 5.11 Å². The monoisotopic (exact) mass is 164 g/mol. The standard InChI is InChI=1S/C9H12N2O/c1-7(2)6-8(12)9-10-4-3-5-11-9/h3-5,8,12H,1,6H2,2H3. The molecule has 1 aromatic heterocycles. The molecular weight excluding hydrogens is 152 g/mol. The van der Waals surface area contributed by atoms with Gasteiger partial charge in [0.15, 0.2) is 5.82 Å². The van der Waals surface area contributed by atoms with Crippen molar-refractivity contribution in [2.45, 2.75) is 19.4 Å². The Morgan fingerprint density at radius 1 is 1.58 bits per heavy atom. The highest BCUT2D eigenvalue weighted by molar-refractivity contribution is 4.99. The minimum atomic E-state index is -0.622. The number of aliphatic hydroxyl groups is 1. The first-order valence-corrected chi connectivity index (χ1v) is 3.79. The fraction of sp³-hybridized carbons (Fsp3) is 0.333. The van der Waals surface area contributed by atoms with Crippen LogP contribution < -0.4 is 0 Å². The van der Waals surface area contributed by atoms with E-state index in [0.717, 1.165) is 5.57 Å². The molecule has 12 heavy (non-hydrogen) atoms. The maximum Gasteiger partial charge on any atom is 0.157 e. The number of nitrogens with zero attached hydrogens (tertiary/aromatic N) is 2. The first-order valence-electron chi connectivity index (χ1n) is 3.79. The van der Waals surface area contributed by atoms with Crippen molar-refractivity contribution in [1.29, 1.82) is 0 Å². The molecule has 1 atom stereocenters. The topological polar surface area (TPSA) is 46.0 Å². The van der Waals surface area contributed by atoms with Crippen molar-refractivity contribution in [3.05, 3.63) is 36.4 Å². The summed E-state index contributed by atoms with van der Waals surface area (Å²) in [5.41, 5.74) is 0.926. The van der Waals surface area contributed by atoms with Gasteiger partial charge in [0, 0.05) is 18.8 Å². The molecule has 1 heterocycles. The molecule has 0 aliphatic carbocycles. The van der Waals surface area contributed by atoms with Crippen LogP contribution in [-0.2, 0) is 0 Å². The summed E-state index contributed by atoms with van der Waals surface area (Å²) in [5.74, 6) is 0.459. The summed E-state index contributed by atoms with van der Waals surface area (Å²) in [4.78, 5) is 7.86. The number of hydrogen-bond donors (Lipinski definition) is 1. The van der Waals surface area contributed by atoms with E-state index >= 15 is 0 Å². The Bertz CT molecular complexity index is 258. The SMILES string of the molecule is C=C(C)CC(O)c1ncccn1. The lowest BCUT2D eigenvalue weighted by Gasteiger charge is -2.07. The molecule has 0 aliphatic heterocycles. The summed E-state index contributed by atoms with van der Waals surface area (Å²) in [6.45, 7) is 5.57. The van der Waals surface area contributed by atoms with E-state index in [1.54, 1.807) is 18.5 Å². The van der Waals surface area contributed by atoms with Gasteiger partial charge in [-0.2, -0.15) is 0 Å². The summed E-state index contributed by atoms with van der Waals surface area (Å²) in [6.07, 6.45) is 3.13. The second-order valence-corrected chi connectivity index (χ2v) is 2.78. The van der Waals surface area contributed by atoms with Crippen LogP contribution in [-0.4, -0.2) is 15.1 Å². The van der Waals surface area contributed by atoms with Crippen LogP contribution in [0, 0.1) is 0 Å². The third kappa shape index (κ3) is 2.43. The van der Waals surface area contributed by atoms with Crippen LogP contribution in [0.3, 0.4) is 0 Å². The van der Waals surface area contributed by atoms with Gasteiger partial charge < -0.3 is 5.11 Å². The lowest BCUT2D eigenvalue weighted by molar-refractivity contribution is 0.168. The molecule has 0 saturated carbocycles. The molecule has 0 aromatic carbocycles. The predicted octanol–water partition coefficient (Wildman–Crippen LogP) is 1.48. The van der Waals surface area contributed by atoms with E-state index in [4.69, 9.17) is 0 Å². The van der Waals surface area contributed by atoms with E-state index in [-0.39, 0.29) is 0 Å². The van der Waals surface area contributed by atoms with E-state index < -0.39 is 6.10 Å². The molecular formula is C9H12N2O. The highest BCUT2D eigenvalue weighted by atomic mass is 16.3. The van der Waals surface area contributed by atoms with E-state index in [1.807, 2.05) is 6.92 Å². The number of hydrogen-bond acceptors (Lipinski definition) is 3. The van der Waals surface area contributed by atoms with Crippen molar-refractivity contribution in [1.82, 2.24) is 9.97 Å². The van der Waals surface area contributed by atoms with Gasteiger partial charge in [0.25, 0.3) is 0 Å². The first kappa shape index (κ1) is 8.87. The lowest BCUT2D eigenvalue weighted by atomic mass is 10.1. The molecule has 3 nitrogen and oxygen atoms in total. The van der Waals surface area contributed by atoms with Gasteiger partial charge in [0.1, 0.15) is 6.10 Å².